The maximum Gasteiger partial charge on any atom is 0.106 e. The van der Waals surface area contributed by atoms with Crippen molar-refractivity contribution in [1.82, 2.24) is 5.32 Å². The Hall–Kier alpha value is -0.120. The molecule has 134 valence electrons. The Kier molecular flexibility index (Phi) is 17.1. The van der Waals surface area contributed by atoms with Crippen molar-refractivity contribution in [2.45, 2.75) is 123 Å². The van der Waals surface area contributed by atoms with Crippen LogP contribution in [0.1, 0.15) is 110 Å². The van der Waals surface area contributed by atoms with Gasteiger partial charge in [-0.25, -0.2) is 0 Å². The van der Waals surface area contributed by atoms with Crippen LogP contribution in [0.4, 0.5) is 0 Å². The van der Waals surface area contributed by atoms with E-state index in [0.29, 0.717) is 0 Å². The topological polar surface area (TPSA) is 52.5 Å². The molecule has 0 spiro atoms. The van der Waals surface area contributed by atoms with E-state index in [9.17, 15) is 10.2 Å². The van der Waals surface area contributed by atoms with E-state index in [2.05, 4.69) is 19.2 Å². The zero-order valence-corrected chi connectivity index (χ0v) is 15.2. The van der Waals surface area contributed by atoms with Gasteiger partial charge in [-0.2, -0.15) is 0 Å². The van der Waals surface area contributed by atoms with Crippen molar-refractivity contribution in [3.05, 3.63) is 0 Å². The fraction of sp³-hybridized carbons (Fsp3) is 1.00. The predicted octanol–water partition coefficient (Wildman–Crippen LogP) is 5.10. The molecule has 0 aliphatic carbocycles. The van der Waals surface area contributed by atoms with E-state index in [1.165, 1.54) is 70.6 Å². The Balaban J connectivity index is 3.32. The molecule has 0 fully saturated rings. The fourth-order valence-corrected chi connectivity index (χ4v) is 2.80. The molecule has 0 bridgehead atoms. The molecule has 0 saturated heterocycles. The largest absolute Gasteiger partial charge is 0.379 e. The molecule has 0 heterocycles. The number of nitrogens with one attached hydrogen (secondary N) is 1. The van der Waals surface area contributed by atoms with Gasteiger partial charge in [-0.1, -0.05) is 84.5 Å². The van der Waals surface area contributed by atoms with Gasteiger partial charge in [-0.3, -0.25) is 5.32 Å². The zero-order chi connectivity index (χ0) is 16.5. The second-order valence-corrected chi connectivity index (χ2v) is 6.66. The second kappa shape index (κ2) is 17.2. The van der Waals surface area contributed by atoms with Gasteiger partial charge in [0.2, 0.25) is 0 Å². The van der Waals surface area contributed by atoms with Crippen LogP contribution in [-0.2, 0) is 0 Å². The van der Waals surface area contributed by atoms with E-state index < -0.39 is 12.5 Å². The van der Waals surface area contributed by atoms with Gasteiger partial charge in [0.15, 0.2) is 0 Å². The van der Waals surface area contributed by atoms with E-state index >= 15 is 0 Å². The lowest BCUT2D eigenvalue weighted by molar-refractivity contribution is 0.0310. The third-order valence-electron chi connectivity index (χ3n) is 4.30. The molecule has 0 aliphatic rings. The van der Waals surface area contributed by atoms with Crippen LogP contribution in [0.25, 0.3) is 0 Å². The lowest BCUT2D eigenvalue weighted by Gasteiger charge is -2.18. The maximum absolute atomic E-state index is 9.86. The molecule has 3 N–H and O–H groups in total. The Bertz CT molecular complexity index is 212. The first kappa shape index (κ1) is 21.9. The fourth-order valence-electron chi connectivity index (χ4n) is 2.80. The second-order valence-electron chi connectivity index (χ2n) is 6.66. The molecule has 0 saturated carbocycles. The third-order valence-corrected chi connectivity index (χ3v) is 4.30. The smallest absolute Gasteiger partial charge is 0.106 e. The van der Waals surface area contributed by atoms with Gasteiger partial charge in [0.25, 0.3) is 0 Å². The average molecular weight is 316 g/mol. The van der Waals surface area contributed by atoms with Crippen molar-refractivity contribution >= 4 is 0 Å². The van der Waals surface area contributed by atoms with Crippen LogP contribution in [-0.4, -0.2) is 22.7 Å². The van der Waals surface area contributed by atoms with Gasteiger partial charge in [0, 0.05) is 0 Å². The minimum Gasteiger partial charge on any atom is -0.379 e. The summed E-state index contributed by atoms with van der Waals surface area (Å²) < 4.78 is 0. The minimum absolute atomic E-state index is 0.550. The molecule has 0 amide bonds. The van der Waals surface area contributed by atoms with Crippen LogP contribution in [0, 0.1) is 0 Å². The molecule has 0 aromatic heterocycles. The van der Waals surface area contributed by atoms with E-state index in [1.54, 1.807) is 0 Å². The van der Waals surface area contributed by atoms with Gasteiger partial charge < -0.3 is 10.2 Å². The van der Waals surface area contributed by atoms with Crippen molar-refractivity contribution in [3.63, 3.8) is 0 Å². The summed E-state index contributed by atoms with van der Waals surface area (Å²) in [5, 5.41) is 22.6. The first-order chi connectivity index (χ1) is 10.7. The van der Waals surface area contributed by atoms with Crippen molar-refractivity contribution in [2.24, 2.45) is 0 Å². The molecule has 0 rings (SSSR count). The summed E-state index contributed by atoms with van der Waals surface area (Å²) in [7, 11) is 0. The summed E-state index contributed by atoms with van der Waals surface area (Å²) in [5.74, 6) is 0. The quantitative estimate of drug-likeness (QED) is 0.258. The summed E-state index contributed by atoms with van der Waals surface area (Å²) in [6, 6.07) is 0. The van der Waals surface area contributed by atoms with Crippen molar-refractivity contribution in [2.75, 3.05) is 0 Å². The molecule has 3 nitrogen and oxygen atoms in total. The van der Waals surface area contributed by atoms with Crippen LogP contribution in [0.3, 0.4) is 0 Å². The Morgan fingerprint density at radius 3 is 1.23 bits per heavy atom. The molecular weight excluding hydrogens is 274 g/mol. The number of rotatable bonds is 17. The number of unbranched alkanes of at least 4 members (excludes halogenated alkanes) is 11. The van der Waals surface area contributed by atoms with E-state index in [-0.39, 0.29) is 0 Å². The highest BCUT2D eigenvalue weighted by Gasteiger charge is 2.09. The lowest BCUT2D eigenvalue weighted by atomic mass is 10.1. The highest BCUT2D eigenvalue weighted by molar-refractivity contribution is 4.59. The molecule has 0 aliphatic heterocycles. The van der Waals surface area contributed by atoms with Crippen LogP contribution in [0.2, 0.25) is 0 Å². The highest BCUT2D eigenvalue weighted by Crippen LogP contribution is 2.11. The van der Waals surface area contributed by atoms with E-state index in [1.807, 2.05) is 0 Å². The van der Waals surface area contributed by atoms with Crippen molar-refractivity contribution in [3.8, 4) is 0 Å². The molecule has 2 unspecified atom stereocenters. The summed E-state index contributed by atoms with van der Waals surface area (Å²) >= 11 is 0. The minimum atomic E-state index is -0.550. The first-order valence-electron chi connectivity index (χ1n) is 9.82. The number of aliphatic hydroxyl groups excluding tert-OH is 2. The van der Waals surface area contributed by atoms with E-state index in [4.69, 9.17) is 0 Å². The van der Waals surface area contributed by atoms with Gasteiger partial charge >= 0.3 is 0 Å². The molecule has 0 radical (unpaired) electrons. The SMILES string of the molecule is CCCCCCCCCC(O)NC(O)CCCCCCCC. The average Bonchev–Trinajstić information content (AvgIpc) is 2.50. The number of aliphatic hydroxyl groups is 2. The summed E-state index contributed by atoms with van der Waals surface area (Å²) in [6.45, 7) is 4.46. The molecular formula is C19H41NO2. The summed E-state index contributed by atoms with van der Waals surface area (Å²) in [6.07, 6.45) is 16.6. The Morgan fingerprint density at radius 2 is 0.864 bits per heavy atom. The summed E-state index contributed by atoms with van der Waals surface area (Å²) in [5.41, 5.74) is 0. The first-order valence-corrected chi connectivity index (χ1v) is 9.82. The van der Waals surface area contributed by atoms with Gasteiger partial charge in [-0.05, 0) is 25.7 Å². The Labute approximate surface area is 138 Å². The lowest BCUT2D eigenvalue weighted by Crippen LogP contribution is -2.38. The molecule has 2 atom stereocenters. The molecule has 22 heavy (non-hydrogen) atoms. The van der Waals surface area contributed by atoms with Crippen LogP contribution < -0.4 is 5.32 Å². The van der Waals surface area contributed by atoms with Crippen LogP contribution >= 0.6 is 0 Å². The van der Waals surface area contributed by atoms with Gasteiger partial charge in [0.05, 0.1) is 0 Å². The molecule has 0 aromatic rings. The zero-order valence-electron chi connectivity index (χ0n) is 15.2. The molecule has 0 aromatic carbocycles. The van der Waals surface area contributed by atoms with E-state index in [0.717, 1.165) is 25.7 Å². The van der Waals surface area contributed by atoms with Crippen molar-refractivity contribution in [1.29, 1.82) is 0 Å². The monoisotopic (exact) mass is 315 g/mol. The maximum atomic E-state index is 9.86. The van der Waals surface area contributed by atoms with Gasteiger partial charge in [0.1, 0.15) is 12.5 Å². The number of hydrogen-bond acceptors (Lipinski definition) is 3. The normalized spacial score (nSPS) is 14.2. The van der Waals surface area contributed by atoms with Crippen LogP contribution in [0.5, 0.6) is 0 Å². The third kappa shape index (κ3) is 16.3. The standard InChI is InChI=1S/C19H41NO2/c1-3-5-7-9-11-13-15-17-19(22)20-18(21)16-14-12-10-8-6-4-2/h18-22H,3-17H2,1-2H3. The predicted molar refractivity (Wildman–Crippen MR) is 95.8 cm³/mol. The number of hydrogen-bond donors (Lipinski definition) is 3. The summed E-state index contributed by atoms with van der Waals surface area (Å²) in [4.78, 5) is 0. The Morgan fingerprint density at radius 1 is 0.545 bits per heavy atom. The van der Waals surface area contributed by atoms with Gasteiger partial charge in [-0.15, -0.1) is 0 Å². The molecule has 3 heteroatoms. The van der Waals surface area contributed by atoms with Crippen molar-refractivity contribution < 1.29 is 10.2 Å². The van der Waals surface area contributed by atoms with Crippen LogP contribution in [0.15, 0.2) is 0 Å². The highest BCUT2D eigenvalue weighted by atomic mass is 16.3.